The molecule has 6 heteroatoms. The van der Waals surface area contributed by atoms with Crippen molar-refractivity contribution in [3.05, 3.63) is 71.4 Å². The van der Waals surface area contributed by atoms with Crippen molar-refractivity contribution in [2.75, 3.05) is 13.7 Å². The van der Waals surface area contributed by atoms with Gasteiger partial charge in [0, 0.05) is 24.9 Å². The van der Waals surface area contributed by atoms with Crippen LogP contribution in [0.5, 0.6) is 5.75 Å². The van der Waals surface area contributed by atoms with Crippen LogP contribution in [0.25, 0.3) is 11.5 Å². The average molecular weight is 382 g/mol. The zero-order chi connectivity index (χ0) is 19.9. The lowest BCUT2D eigenvalue weighted by atomic mass is 10.1. The van der Waals surface area contributed by atoms with E-state index >= 15 is 0 Å². The maximum absolute atomic E-state index is 13.0. The number of hydrogen-bond acceptors (Lipinski definition) is 4. The molecule has 0 spiro atoms. The van der Waals surface area contributed by atoms with Crippen molar-refractivity contribution >= 4 is 5.91 Å². The number of aromatic nitrogens is 1. The first-order chi connectivity index (χ1) is 13.5. The molecule has 1 heterocycles. The van der Waals surface area contributed by atoms with Crippen LogP contribution in [0.2, 0.25) is 0 Å². The van der Waals surface area contributed by atoms with Gasteiger partial charge in [-0.3, -0.25) is 4.79 Å². The molecule has 0 aliphatic carbocycles. The van der Waals surface area contributed by atoms with Crippen molar-refractivity contribution in [1.82, 2.24) is 10.3 Å². The molecule has 0 aliphatic heterocycles. The summed E-state index contributed by atoms with van der Waals surface area (Å²) in [5.41, 5.74) is 2.60. The summed E-state index contributed by atoms with van der Waals surface area (Å²) in [7, 11) is 1.63. The van der Waals surface area contributed by atoms with Gasteiger partial charge in [0.25, 0.3) is 0 Å². The van der Waals surface area contributed by atoms with Crippen LogP contribution in [-0.4, -0.2) is 24.5 Å². The largest absolute Gasteiger partial charge is 0.497 e. The number of benzene rings is 2. The number of nitrogens with one attached hydrogen (secondary N) is 1. The number of rotatable bonds is 8. The fourth-order valence-electron chi connectivity index (χ4n) is 2.83. The molecular weight excluding hydrogens is 359 g/mol. The van der Waals surface area contributed by atoms with E-state index in [-0.39, 0.29) is 11.7 Å². The van der Waals surface area contributed by atoms with Gasteiger partial charge in [-0.15, -0.1) is 0 Å². The van der Waals surface area contributed by atoms with Gasteiger partial charge < -0.3 is 14.5 Å². The van der Waals surface area contributed by atoms with Crippen LogP contribution in [0.1, 0.15) is 23.4 Å². The smallest absolute Gasteiger partial charge is 0.226 e. The molecule has 1 aromatic heterocycles. The second kappa shape index (κ2) is 9.17. The van der Waals surface area contributed by atoms with Gasteiger partial charge in [-0.1, -0.05) is 12.1 Å². The number of halogens is 1. The molecule has 2 aromatic carbocycles. The summed E-state index contributed by atoms with van der Waals surface area (Å²) >= 11 is 0. The van der Waals surface area contributed by atoms with E-state index in [0.29, 0.717) is 37.5 Å². The SMILES string of the molecule is COc1ccc(CCC(=O)NCCc2nc(-c3ccc(F)cc3)oc2C)cc1. The number of aryl methyl sites for hydroxylation is 2. The first kappa shape index (κ1) is 19.6. The first-order valence-corrected chi connectivity index (χ1v) is 9.17. The Morgan fingerprint density at radius 3 is 2.50 bits per heavy atom. The highest BCUT2D eigenvalue weighted by Gasteiger charge is 2.12. The molecule has 1 N–H and O–H groups in total. The molecular formula is C22H23FN2O3. The topological polar surface area (TPSA) is 64.4 Å². The number of ether oxygens (including phenoxy) is 1. The fraction of sp³-hybridized carbons (Fsp3) is 0.273. The first-order valence-electron chi connectivity index (χ1n) is 9.17. The molecule has 5 nitrogen and oxygen atoms in total. The molecule has 3 rings (SSSR count). The van der Waals surface area contributed by atoms with Crippen LogP contribution < -0.4 is 10.1 Å². The summed E-state index contributed by atoms with van der Waals surface area (Å²) < 4.78 is 23.8. The third-order valence-electron chi connectivity index (χ3n) is 4.47. The molecule has 1 amide bonds. The van der Waals surface area contributed by atoms with Crippen LogP contribution in [0.15, 0.2) is 52.9 Å². The van der Waals surface area contributed by atoms with Gasteiger partial charge >= 0.3 is 0 Å². The van der Waals surface area contributed by atoms with Crippen molar-refractivity contribution in [2.24, 2.45) is 0 Å². The molecule has 0 saturated heterocycles. The summed E-state index contributed by atoms with van der Waals surface area (Å²) in [6.45, 7) is 2.32. The van der Waals surface area contributed by atoms with E-state index in [2.05, 4.69) is 10.3 Å². The predicted molar refractivity (Wildman–Crippen MR) is 105 cm³/mol. The zero-order valence-corrected chi connectivity index (χ0v) is 16.0. The van der Waals surface area contributed by atoms with Gasteiger partial charge in [-0.25, -0.2) is 9.37 Å². The van der Waals surface area contributed by atoms with E-state index in [4.69, 9.17) is 9.15 Å². The van der Waals surface area contributed by atoms with E-state index in [1.165, 1.54) is 12.1 Å². The van der Waals surface area contributed by atoms with E-state index in [9.17, 15) is 9.18 Å². The van der Waals surface area contributed by atoms with Gasteiger partial charge in [0.1, 0.15) is 17.3 Å². The van der Waals surface area contributed by atoms with Crippen LogP contribution in [-0.2, 0) is 17.6 Å². The number of carbonyl (C=O) groups excluding carboxylic acids is 1. The second-order valence-electron chi connectivity index (χ2n) is 6.48. The molecule has 146 valence electrons. The van der Waals surface area contributed by atoms with Crippen molar-refractivity contribution in [3.8, 4) is 17.2 Å². The molecule has 3 aromatic rings. The van der Waals surface area contributed by atoms with Crippen molar-refractivity contribution < 1.29 is 18.3 Å². The molecule has 28 heavy (non-hydrogen) atoms. The Hall–Kier alpha value is -3.15. The fourth-order valence-corrected chi connectivity index (χ4v) is 2.83. The number of hydrogen-bond donors (Lipinski definition) is 1. The van der Waals surface area contributed by atoms with Crippen LogP contribution >= 0.6 is 0 Å². The van der Waals surface area contributed by atoms with Gasteiger partial charge in [0.2, 0.25) is 11.8 Å². The number of oxazole rings is 1. The van der Waals surface area contributed by atoms with Crippen LogP contribution in [0, 0.1) is 12.7 Å². The number of nitrogens with zero attached hydrogens (tertiary/aromatic N) is 1. The molecule has 0 saturated carbocycles. The minimum atomic E-state index is -0.301. The van der Waals surface area contributed by atoms with Crippen molar-refractivity contribution in [3.63, 3.8) is 0 Å². The highest BCUT2D eigenvalue weighted by molar-refractivity contribution is 5.76. The van der Waals surface area contributed by atoms with Gasteiger partial charge in [-0.05, 0) is 55.3 Å². The molecule has 0 bridgehead atoms. The highest BCUT2D eigenvalue weighted by atomic mass is 19.1. The van der Waals surface area contributed by atoms with Crippen molar-refractivity contribution in [2.45, 2.75) is 26.2 Å². The van der Waals surface area contributed by atoms with Gasteiger partial charge in [-0.2, -0.15) is 0 Å². The minimum absolute atomic E-state index is 0.00396. The van der Waals surface area contributed by atoms with Gasteiger partial charge in [0.05, 0.1) is 12.8 Å². The average Bonchev–Trinajstić information content (AvgIpc) is 3.08. The summed E-state index contributed by atoms with van der Waals surface area (Å²) in [6.07, 6.45) is 1.67. The number of carbonyl (C=O) groups is 1. The third-order valence-corrected chi connectivity index (χ3v) is 4.47. The molecule has 0 atom stereocenters. The molecule has 0 aliphatic rings. The minimum Gasteiger partial charge on any atom is -0.497 e. The Kier molecular flexibility index (Phi) is 6.42. The van der Waals surface area contributed by atoms with E-state index in [0.717, 1.165) is 22.6 Å². The Morgan fingerprint density at radius 2 is 1.82 bits per heavy atom. The Balaban J connectivity index is 1.46. The molecule has 0 radical (unpaired) electrons. The predicted octanol–water partition coefficient (Wildman–Crippen LogP) is 4.09. The normalized spacial score (nSPS) is 10.7. The Bertz CT molecular complexity index is 918. The lowest BCUT2D eigenvalue weighted by Crippen LogP contribution is -2.26. The van der Waals surface area contributed by atoms with Crippen LogP contribution in [0.4, 0.5) is 4.39 Å². The maximum atomic E-state index is 13.0. The molecule has 0 fully saturated rings. The summed E-state index contributed by atoms with van der Waals surface area (Å²) in [6, 6.07) is 13.7. The second-order valence-corrected chi connectivity index (χ2v) is 6.48. The Labute approximate surface area is 163 Å². The number of amides is 1. The van der Waals surface area contributed by atoms with Crippen molar-refractivity contribution in [1.29, 1.82) is 0 Å². The quantitative estimate of drug-likeness (QED) is 0.637. The monoisotopic (exact) mass is 382 g/mol. The number of methoxy groups -OCH3 is 1. The van der Waals surface area contributed by atoms with E-state index < -0.39 is 0 Å². The van der Waals surface area contributed by atoms with E-state index in [1.807, 2.05) is 31.2 Å². The lowest BCUT2D eigenvalue weighted by Gasteiger charge is -2.05. The standard InChI is InChI=1S/C22H23FN2O3/c1-15-20(25-22(28-15)17-6-8-18(23)9-7-17)13-14-24-21(26)12-5-16-3-10-19(27-2)11-4-16/h3-4,6-11H,5,12-14H2,1-2H3,(H,24,26). The summed E-state index contributed by atoms with van der Waals surface area (Å²) in [4.78, 5) is 16.5. The lowest BCUT2D eigenvalue weighted by molar-refractivity contribution is -0.121. The summed E-state index contributed by atoms with van der Waals surface area (Å²) in [5.74, 6) is 1.65. The maximum Gasteiger partial charge on any atom is 0.226 e. The van der Waals surface area contributed by atoms with Gasteiger partial charge in [0.15, 0.2) is 0 Å². The molecule has 0 unspecified atom stereocenters. The summed E-state index contributed by atoms with van der Waals surface area (Å²) in [5, 5.41) is 2.91. The third kappa shape index (κ3) is 5.19. The van der Waals surface area contributed by atoms with E-state index in [1.54, 1.807) is 19.2 Å². The Morgan fingerprint density at radius 1 is 1.11 bits per heavy atom. The zero-order valence-electron chi connectivity index (χ0n) is 16.0. The van der Waals surface area contributed by atoms with Crippen LogP contribution in [0.3, 0.4) is 0 Å². The highest BCUT2D eigenvalue weighted by Crippen LogP contribution is 2.22.